The first-order valence-corrected chi connectivity index (χ1v) is 23.8. The Morgan fingerprint density at radius 1 is 0.338 bits per heavy atom. The molecular formula is C64H54N4. The van der Waals surface area contributed by atoms with Gasteiger partial charge in [0.05, 0.1) is 27.6 Å². The fraction of sp³-hybridized carbons (Fsp3) is 0.125. The molecular weight excluding hydrogens is 825 g/mol. The van der Waals surface area contributed by atoms with Crippen LogP contribution in [0.4, 0.5) is 17.1 Å². The highest BCUT2D eigenvalue weighted by molar-refractivity contribution is 6.20. The Hall–Kier alpha value is -8.08. The highest BCUT2D eigenvalue weighted by atomic mass is 15.1. The molecule has 0 aliphatic carbocycles. The van der Waals surface area contributed by atoms with Gasteiger partial charge in [-0.1, -0.05) is 163 Å². The maximum absolute atomic E-state index is 2.47. The number of fused-ring (bicyclic) bond motifs is 8. The zero-order chi connectivity index (χ0) is 46.3. The molecule has 0 aliphatic heterocycles. The molecule has 0 aliphatic rings. The third-order valence-electron chi connectivity index (χ3n) is 14.0. The lowest BCUT2D eigenvalue weighted by Crippen LogP contribution is -2.13. The molecule has 0 unspecified atom stereocenters. The van der Waals surface area contributed by atoms with Crippen molar-refractivity contribution in [2.24, 2.45) is 0 Å². The van der Waals surface area contributed by atoms with E-state index in [0.717, 1.165) is 34.1 Å². The van der Waals surface area contributed by atoms with Gasteiger partial charge in [-0.25, -0.2) is 0 Å². The van der Waals surface area contributed by atoms with Crippen LogP contribution in [0.15, 0.2) is 219 Å². The lowest BCUT2D eigenvalue weighted by atomic mass is 9.87. The normalized spacial score (nSPS) is 12.3. The highest BCUT2D eigenvalue weighted by Gasteiger charge is 2.23. The predicted molar refractivity (Wildman–Crippen MR) is 289 cm³/mol. The summed E-state index contributed by atoms with van der Waals surface area (Å²) in [5, 5.41) is 6.13. The monoisotopic (exact) mass is 878 g/mol. The van der Waals surface area contributed by atoms with E-state index in [1.807, 2.05) is 0 Å². The second-order valence-corrected chi connectivity index (χ2v) is 20.3. The van der Waals surface area contributed by atoms with Gasteiger partial charge in [0.2, 0.25) is 0 Å². The third kappa shape index (κ3) is 6.82. The van der Waals surface area contributed by atoms with E-state index in [1.54, 1.807) is 0 Å². The second-order valence-electron chi connectivity index (χ2n) is 20.3. The molecule has 0 saturated carbocycles. The molecule has 0 N–H and O–H groups in total. The average molecular weight is 879 g/mol. The number of nitrogens with zero attached hydrogens (tertiary/aromatic N) is 4. The largest absolute Gasteiger partial charge is 0.314 e. The Morgan fingerprint density at radius 3 is 1.44 bits per heavy atom. The minimum atomic E-state index is 0.0345. The van der Waals surface area contributed by atoms with E-state index in [1.165, 1.54) is 76.8 Å². The quantitative estimate of drug-likeness (QED) is 0.156. The summed E-state index contributed by atoms with van der Waals surface area (Å²) in [6.07, 6.45) is 2.32. The molecule has 4 nitrogen and oxygen atoms in total. The van der Waals surface area contributed by atoms with Crippen molar-refractivity contribution in [2.45, 2.75) is 52.4 Å². The number of hydrogen-bond donors (Lipinski definition) is 0. The van der Waals surface area contributed by atoms with Crippen LogP contribution in [0.3, 0.4) is 0 Å². The van der Waals surface area contributed by atoms with Gasteiger partial charge in [0.15, 0.2) is 0 Å². The molecule has 0 fully saturated rings. The van der Waals surface area contributed by atoms with Crippen LogP contribution < -0.4 is 4.90 Å². The van der Waals surface area contributed by atoms with Gasteiger partial charge in [-0.05, 0) is 119 Å². The van der Waals surface area contributed by atoms with E-state index in [9.17, 15) is 0 Å². The summed E-state index contributed by atoms with van der Waals surface area (Å²) in [7, 11) is 0. The van der Waals surface area contributed by atoms with Crippen molar-refractivity contribution in [3.8, 4) is 28.2 Å². The van der Waals surface area contributed by atoms with Crippen LogP contribution in [-0.4, -0.2) is 13.7 Å². The molecule has 4 heteroatoms. The molecule has 0 amide bonds. The van der Waals surface area contributed by atoms with E-state index >= 15 is 0 Å². The van der Waals surface area contributed by atoms with Gasteiger partial charge in [-0.2, -0.15) is 0 Å². The first-order chi connectivity index (χ1) is 33.0. The molecule has 0 saturated heterocycles. The van der Waals surface area contributed by atoms with E-state index in [4.69, 9.17) is 0 Å². The average Bonchev–Trinajstić information content (AvgIpc) is 4.03. The lowest BCUT2D eigenvalue weighted by Gasteiger charge is -2.27. The van der Waals surface area contributed by atoms with Crippen LogP contribution in [0.5, 0.6) is 0 Å². The van der Waals surface area contributed by atoms with Crippen LogP contribution in [0.1, 0.15) is 52.7 Å². The summed E-state index contributed by atoms with van der Waals surface area (Å²) in [6.45, 7) is 13.7. The molecule has 0 bridgehead atoms. The van der Waals surface area contributed by atoms with Crippen molar-refractivity contribution in [2.75, 3.05) is 4.90 Å². The zero-order valence-electron chi connectivity index (χ0n) is 39.6. The number of para-hydroxylation sites is 3. The van der Waals surface area contributed by atoms with Crippen molar-refractivity contribution in [3.63, 3.8) is 0 Å². The van der Waals surface area contributed by atoms with Crippen molar-refractivity contribution >= 4 is 71.6 Å². The van der Waals surface area contributed by atoms with Gasteiger partial charge in [-0.3, -0.25) is 0 Å². The standard InChI is InChI=1S/C64H54N4/c1-63(2,3)44-25-29-47(30-26-44)66(51-37-40-60-56(41-51)53-22-14-15-23-58(53)67(60)49-31-27-45(28-32-49)64(4,5)6)48-33-35-50(36-34-48)68-59-24-16-13-21-52(59)54-38-39-55-57(43-17-9-7-10-18-43)42-65(61(55)62(54)68)46-19-11-8-12-20-46/h7-42H,1-6H3. The SMILES string of the molecule is CC(C)(C)c1ccc(N(c2ccc(-n3c4ccccc4c4ccc5c(-c6ccccc6)cn(-c6ccccc6)c5c43)cc2)c2ccc3c(c2)c2ccccc2n3-c2ccc(C(C)(C)C)cc2)cc1. The first kappa shape index (κ1) is 41.4. The third-order valence-corrected chi connectivity index (χ3v) is 14.0. The first-order valence-electron chi connectivity index (χ1n) is 23.8. The molecule has 68 heavy (non-hydrogen) atoms. The predicted octanol–water partition coefficient (Wildman–Crippen LogP) is 17.6. The molecule has 0 radical (unpaired) electrons. The van der Waals surface area contributed by atoms with Crippen LogP contribution >= 0.6 is 0 Å². The maximum Gasteiger partial charge on any atom is 0.0788 e. The summed E-state index contributed by atoms with van der Waals surface area (Å²) in [4.78, 5) is 2.41. The van der Waals surface area contributed by atoms with Crippen molar-refractivity contribution in [1.29, 1.82) is 0 Å². The van der Waals surface area contributed by atoms with Crippen molar-refractivity contribution in [1.82, 2.24) is 13.7 Å². The highest BCUT2D eigenvalue weighted by Crippen LogP contribution is 2.44. The Morgan fingerprint density at radius 2 is 0.809 bits per heavy atom. The second kappa shape index (κ2) is 15.8. The topological polar surface area (TPSA) is 18.0 Å². The van der Waals surface area contributed by atoms with Gasteiger partial charge in [0, 0.05) is 72.8 Å². The van der Waals surface area contributed by atoms with E-state index in [-0.39, 0.29) is 10.8 Å². The fourth-order valence-corrected chi connectivity index (χ4v) is 10.5. The summed E-state index contributed by atoms with van der Waals surface area (Å²) in [5.74, 6) is 0. The number of benzene rings is 9. The van der Waals surface area contributed by atoms with Crippen molar-refractivity contribution in [3.05, 3.63) is 230 Å². The summed E-state index contributed by atoms with van der Waals surface area (Å²) in [6, 6.07) is 78.2. The van der Waals surface area contributed by atoms with E-state index < -0.39 is 0 Å². The van der Waals surface area contributed by atoms with Crippen LogP contribution in [0.2, 0.25) is 0 Å². The Bertz CT molecular complexity index is 3820. The van der Waals surface area contributed by atoms with Gasteiger partial charge in [0.1, 0.15) is 0 Å². The summed E-state index contributed by atoms with van der Waals surface area (Å²) < 4.78 is 7.28. The zero-order valence-corrected chi connectivity index (χ0v) is 39.6. The molecule has 12 rings (SSSR count). The Labute approximate surface area is 398 Å². The van der Waals surface area contributed by atoms with E-state index in [2.05, 4.69) is 279 Å². The minimum Gasteiger partial charge on any atom is -0.314 e. The molecule has 3 heterocycles. The Kier molecular flexibility index (Phi) is 9.60. The summed E-state index contributed by atoms with van der Waals surface area (Å²) in [5.41, 5.74) is 17.8. The maximum atomic E-state index is 2.47. The molecule has 0 spiro atoms. The van der Waals surface area contributed by atoms with Crippen LogP contribution in [0.25, 0.3) is 82.7 Å². The molecule has 330 valence electrons. The molecule has 0 atom stereocenters. The lowest BCUT2D eigenvalue weighted by molar-refractivity contribution is 0.590. The van der Waals surface area contributed by atoms with Crippen LogP contribution in [0, 0.1) is 0 Å². The molecule has 12 aromatic rings. The van der Waals surface area contributed by atoms with Gasteiger partial charge in [0.25, 0.3) is 0 Å². The number of anilines is 3. The van der Waals surface area contributed by atoms with Gasteiger partial charge >= 0.3 is 0 Å². The van der Waals surface area contributed by atoms with E-state index in [0.29, 0.717) is 0 Å². The van der Waals surface area contributed by atoms with Gasteiger partial charge in [-0.15, -0.1) is 0 Å². The minimum absolute atomic E-state index is 0.0345. The molecule has 9 aromatic carbocycles. The number of hydrogen-bond acceptors (Lipinski definition) is 1. The summed E-state index contributed by atoms with van der Waals surface area (Å²) >= 11 is 0. The Balaban J connectivity index is 1.05. The molecule has 3 aromatic heterocycles. The fourth-order valence-electron chi connectivity index (χ4n) is 10.5. The van der Waals surface area contributed by atoms with Gasteiger partial charge < -0.3 is 18.6 Å². The number of aromatic nitrogens is 3. The van der Waals surface area contributed by atoms with Crippen molar-refractivity contribution < 1.29 is 0 Å². The van der Waals surface area contributed by atoms with Crippen LogP contribution in [-0.2, 0) is 10.8 Å². The number of rotatable bonds is 7. The smallest absolute Gasteiger partial charge is 0.0788 e.